The Bertz CT molecular complexity index is 1320. The first-order chi connectivity index (χ1) is 16.6. The Morgan fingerprint density at radius 1 is 1.18 bits per heavy atom. The second-order valence-electron chi connectivity index (χ2n) is 9.16. The fourth-order valence-corrected chi connectivity index (χ4v) is 4.75. The Labute approximate surface area is 199 Å². The predicted molar refractivity (Wildman–Crippen MR) is 130 cm³/mol. The molecule has 1 aromatic carbocycles. The van der Waals surface area contributed by atoms with Gasteiger partial charge in [-0.25, -0.2) is 19.6 Å². The standard InChI is InChI=1S/C26H31N7O/c1-4-6-18-11-12-33-22(13-18)30-24(31-33)20-9-7-19(8-10-20)15-27-25(34)23-21(5-2)29-26-28-14-17(3)16-32(23)26/h7-10,14,16,18H,4-6,11-13,15H2,1-3H3,(H,27,34). The summed E-state index contributed by atoms with van der Waals surface area (Å²) in [6.07, 6.45) is 9.01. The van der Waals surface area contributed by atoms with Crippen LogP contribution in [0.1, 0.15) is 66.2 Å². The van der Waals surface area contributed by atoms with E-state index in [1.807, 2.05) is 44.3 Å². The number of amides is 1. The number of hydrogen-bond acceptors (Lipinski definition) is 5. The van der Waals surface area contributed by atoms with Crippen molar-refractivity contribution in [2.75, 3.05) is 0 Å². The summed E-state index contributed by atoms with van der Waals surface area (Å²) in [5.74, 6) is 3.00. The van der Waals surface area contributed by atoms with E-state index >= 15 is 0 Å². The average Bonchev–Trinajstić information content (AvgIpc) is 3.43. The van der Waals surface area contributed by atoms with Crippen LogP contribution in [-0.4, -0.2) is 35.0 Å². The fourth-order valence-electron chi connectivity index (χ4n) is 4.75. The second kappa shape index (κ2) is 9.37. The predicted octanol–water partition coefficient (Wildman–Crippen LogP) is 4.15. The van der Waals surface area contributed by atoms with Crippen LogP contribution in [0.25, 0.3) is 17.2 Å². The van der Waals surface area contributed by atoms with E-state index in [0.717, 1.165) is 52.9 Å². The highest BCUT2D eigenvalue weighted by Crippen LogP contribution is 2.25. The number of aryl methyl sites for hydroxylation is 3. The molecule has 176 valence electrons. The van der Waals surface area contributed by atoms with Crippen molar-refractivity contribution >= 4 is 11.7 Å². The zero-order valence-electron chi connectivity index (χ0n) is 20.1. The molecular weight excluding hydrogens is 426 g/mol. The molecule has 0 fully saturated rings. The summed E-state index contributed by atoms with van der Waals surface area (Å²) in [6, 6.07) is 8.11. The summed E-state index contributed by atoms with van der Waals surface area (Å²) in [4.78, 5) is 26.7. The summed E-state index contributed by atoms with van der Waals surface area (Å²) in [5.41, 5.74) is 4.31. The monoisotopic (exact) mass is 457 g/mol. The van der Waals surface area contributed by atoms with Gasteiger partial charge in [0.25, 0.3) is 5.91 Å². The third-order valence-corrected chi connectivity index (χ3v) is 6.56. The molecule has 0 saturated heterocycles. The van der Waals surface area contributed by atoms with Gasteiger partial charge in [0.15, 0.2) is 5.82 Å². The number of carbonyl (C=O) groups excluding carboxylic acids is 1. The highest BCUT2D eigenvalue weighted by Gasteiger charge is 2.22. The van der Waals surface area contributed by atoms with Crippen LogP contribution < -0.4 is 5.32 Å². The molecule has 1 atom stereocenters. The number of fused-ring (bicyclic) bond motifs is 2. The number of rotatable bonds is 7. The molecular formula is C26H31N7O. The molecule has 1 aliphatic heterocycles. The summed E-state index contributed by atoms with van der Waals surface area (Å²) in [5, 5.41) is 7.77. The second-order valence-corrected chi connectivity index (χ2v) is 9.16. The van der Waals surface area contributed by atoms with Gasteiger partial charge >= 0.3 is 0 Å². The normalized spacial score (nSPS) is 15.4. The molecule has 0 bridgehead atoms. The third-order valence-electron chi connectivity index (χ3n) is 6.56. The highest BCUT2D eigenvalue weighted by molar-refractivity contribution is 5.94. The minimum atomic E-state index is -0.147. The van der Waals surface area contributed by atoms with Gasteiger partial charge < -0.3 is 5.32 Å². The first-order valence-electron chi connectivity index (χ1n) is 12.2. The number of hydrogen-bond donors (Lipinski definition) is 1. The van der Waals surface area contributed by atoms with E-state index in [1.165, 1.54) is 19.3 Å². The number of nitrogens with one attached hydrogen (secondary N) is 1. The van der Waals surface area contributed by atoms with Gasteiger partial charge in [-0.15, -0.1) is 0 Å². The molecule has 4 aromatic rings. The van der Waals surface area contributed by atoms with Crippen LogP contribution in [0.5, 0.6) is 0 Å². The molecule has 0 spiro atoms. The van der Waals surface area contributed by atoms with Crippen LogP contribution in [0.2, 0.25) is 0 Å². The van der Waals surface area contributed by atoms with E-state index in [9.17, 15) is 4.79 Å². The van der Waals surface area contributed by atoms with Gasteiger partial charge in [0.2, 0.25) is 5.78 Å². The lowest BCUT2D eigenvalue weighted by Gasteiger charge is -2.21. The number of carbonyl (C=O) groups is 1. The van der Waals surface area contributed by atoms with E-state index in [0.29, 0.717) is 24.4 Å². The van der Waals surface area contributed by atoms with E-state index in [-0.39, 0.29) is 5.91 Å². The summed E-state index contributed by atoms with van der Waals surface area (Å²) >= 11 is 0. The molecule has 0 saturated carbocycles. The van der Waals surface area contributed by atoms with Crippen LogP contribution in [0, 0.1) is 12.8 Å². The van der Waals surface area contributed by atoms with Crippen LogP contribution in [0.3, 0.4) is 0 Å². The van der Waals surface area contributed by atoms with Crippen molar-refractivity contribution in [3.63, 3.8) is 0 Å². The maximum atomic E-state index is 13.0. The topological polar surface area (TPSA) is 90.0 Å². The van der Waals surface area contributed by atoms with E-state index in [4.69, 9.17) is 10.1 Å². The Kier molecular flexibility index (Phi) is 6.13. The van der Waals surface area contributed by atoms with Crippen molar-refractivity contribution in [1.82, 2.24) is 34.4 Å². The molecule has 34 heavy (non-hydrogen) atoms. The van der Waals surface area contributed by atoms with Gasteiger partial charge in [-0.2, -0.15) is 5.10 Å². The van der Waals surface area contributed by atoms with Gasteiger partial charge in [-0.05, 0) is 36.8 Å². The summed E-state index contributed by atoms with van der Waals surface area (Å²) < 4.78 is 3.84. The molecule has 1 unspecified atom stereocenters. The van der Waals surface area contributed by atoms with Crippen LogP contribution in [0.4, 0.5) is 0 Å². The minimum Gasteiger partial charge on any atom is -0.347 e. The molecule has 0 radical (unpaired) electrons. The lowest BCUT2D eigenvalue weighted by Crippen LogP contribution is -2.25. The SMILES string of the molecule is CCCC1CCn2nc(-c3ccc(CNC(=O)c4c(CC)nc5ncc(C)cn45)cc3)nc2C1. The quantitative estimate of drug-likeness (QED) is 0.450. The van der Waals surface area contributed by atoms with Gasteiger partial charge in [0.05, 0.1) is 5.69 Å². The van der Waals surface area contributed by atoms with Crippen LogP contribution in [-0.2, 0) is 25.9 Å². The third kappa shape index (κ3) is 4.32. The summed E-state index contributed by atoms with van der Waals surface area (Å²) in [7, 11) is 0. The average molecular weight is 458 g/mol. The Morgan fingerprint density at radius 3 is 2.76 bits per heavy atom. The zero-order chi connectivity index (χ0) is 23.7. The largest absolute Gasteiger partial charge is 0.347 e. The fraction of sp³-hybridized carbons (Fsp3) is 0.423. The van der Waals surface area contributed by atoms with E-state index in [1.54, 1.807) is 10.6 Å². The Balaban J connectivity index is 1.28. The maximum Gasteiger partial charge on any atom is 0.270 e. The highest BCUT2D eigenvalue weighted by atomic mass is 16.1. The lowest BCUT2D eigenvalue weighted by molar-refractivity contribution is 0.0944. The maximum absolute atomic E-state index is 13.0. The first kappa shape index (κ1) is 22.3. The lowest BCUT2D eigenvalue weighted by atomic mass is 9.93. The molecule has 1 amide bonds. The van der Waals surface area contributed by atoms with E-state index < -0.39 is 0 Å². The molecule has 3 aromatic heterocycles. The van der Waals surface area contributed by atoms with Crippen molar-refractivity contribution in [2.24, 2.45) is 5.92 Å². The first-order valence-corrected chi connectivity index (χ1v) is 12.2. The van der Waals surface area contributed by atoms with Gasteiger partial charge in [-0.1, -0.05) is 51.0 Å². The molecule has 4 heterocycles. The number of imidazole rings is 1. The molecule has 1 N–H and O–H groups in total. The van der Waals surface area contributed by atoms with Crippen molar-refractivity contribution in [3.8, 4) is 11.4 Å². The van der Waals surface area contributed by atoms with Crippen molar-refractivity contribution < 1.29 is 4.79 Å². The van der Waals surface area contributed by atoms with E-state index in [2.05, 4.69) is 26.9 Å². The van der Waals surface area contributed by atoms with Crippen molar-refractivity contribution in [2.45, 2.75) is 66.0 Å². The number of nitrogens with zero attached hydrogens (tertiary/aromatic N) is 6. The number of benzene rings is 1. The van der Waals surface area contributed by atoms with Gasteiger partial charge in [-0.3, -0.25) is 9.20 Å². The van der Waals surface area contributed by atoms with Crippen LogP contribution in [0.15, 0.2) is 36.7 Å². The molecule has 5 rings (SSSR count). The van der Waals surface area contributed by atoms with Gasteiger partial charge in [0.1, 0.15) is 11.5 Å². The molecule has 8 nitrogen and oxygen atoms in total. The zero-order valence-corrected chi connectivity index (χ0v) is 20.1. The molecule has 8 heteroatoms. The van der Waals surface area contributed by atoms with Crippen molar-refractivity contribution in [1.29, 1.82) is 0 Å². The van der Waals surface area contributed by atoms with Crippen LogP contribution >= 0.6 is 0 Å². The number of aromatic nitrogens is 6. The summed E-state index contributed by atoms with van der Waals surface area (Å²) in [6.45, 7) is 7.58. The smallest absolute Gasteiger partial charge is 0.270 e. The molecule has 0 aliphatic carbocycles. The minimum absolute atomic E-state index is 0.147. The van der Waals surface area contributed by atoms with Crippen molar-refractivity contribution in [3.05, 3.63) is 65.0 Å². The molecule has 1 aliphatic rings. The Morgan fingerprint density at radius 2 is 2.00 bits per heavy atom. The van der Waals surface area contributed by atoms with Gasteiger partial charge in [0, 0.05) is 37.5 Å². The Hall–Kier alpha value is -3.55.